The van der Waals surface area contributed by atoms with Crippen molar-refractivity contribution < 1.29 is 14.2 Å². The highest BCUT2D eigenvalue weighted by atomic mass is 16.9. The lowest BCUT2D eigenvalue weighted by atomic mass is 10.6. The number of hydrogen-bond acceptors (Lipinski definition) is 6. The first-order valence-electron chi connectivity index (χ1n) is 3.07. The van der Waals surface area contributed by atoms with Crippen LogP contribution in [0.1, 0.15) is 6.92 Å². The van der Waals surface area contributed by atoms with Gasteiger partial charge in [0.05, 0.1) is 6.92 Å². The van der Waals surface area contributed by atoms with E-state index in [4.69, 9.17) is 14.2 Å². The maximum absolute atomic E-state index is 5.05. The molecule has 4 rings (SSSR count). The van der Waals surface area contributed by atoms with Crippen molar-refractivity contribution in [1.29, 1.82) is 0 Å². The topological polar surface area (TPSA) is 66.4 Å². The van der Waals surface area contributed by atoms with Gasteiger partial charge in [0.15, 0.2) is 0 Å². The summed E-state index contributed by atoms with van der Waals surface area (Å²) < 4.78 is 15.1. The summed E-state index contributed by atoms with van der Waals surface area (Å²) >= 11 is 0. The van der Waals surface area contributed by atoms with E-state index in [1.807, 2.05) is 0 Å². The number of nitrogens with zero attached hydrogens (tertiary/aromatic N) is 3. The van der Waals surface area contributed by atoms with Crippen LogP contribution in [-0.2, 0) is 0 Å². The minimum atomic E-state index is -1.09. The van der Waals surface area contributed by atoms with Gasteiger partial charge in [-0.05, 0) is 0 Å². The first-order chi connectivity index (χ1) is 5.23. The Balaban J connectivity index is 2.33. The van der Waals surface area contributed by atoms with Gasteiger partial charge in [0.1, 0.15) is 0 Å². The largest absolute Gasteiger partial charge is 0.420 e. The average Bonchev–Trinajstić information content (AvgIpc) is 1.79. The molecule has 0 aromatic carbocycles. The number of aromatic nitrogens is 3. The van der Waals surface area contributed by atoms with Crippen LogP contribution in [0.4, 0.5) is 0 Å². The molecule has 0 unspecified atom stereocenters. The van der Waals surface area contributed by atoms with Gasteiger partial charge in [0.25, 0.3) is 0 Å². The van der Waals surface area contributed by atoms with Crippen molar-refractivity contribution in [3.8, 4) is 18.0 Å². The Labute approximate surface area is 61.1 Å². The quantitative estimate of drug-likeness (QED) is 0.510. The van der Waals surface area contributed by atoms with Crippen molar-refractivity contribution >= 4 is 0 Å². The Bertz CT molecular complexity index is 277. The van der Waals surface area contributed by atoms with E-state index in [-0.39, 0.29) is 18.0 Å². The molecule has 56 valence electrons. The molecule has 0 radical (unpaired) electrons. The Morgan fingerprint density at radius 1 is 0.909 bits per heavy atom. The second-order valence-electron chi connectivity index (χ2n) is 2.35. The van der Waals surface area contributed by atoms with Gasteiger partial charge in [0, 0.05) is 0 Å². The summed E-state index contributed by atoms with van der Waals surface area (Å²) in [4.78, 5) is 11.3. The molecule has 0 aliphatic carbocycles. The lowest BCUT2D eigenvalue weighted by Crippen LogP contribution is -2.51. The van der Waals surface area contributed by atoms with E-state index < -0.39 is 5.97 Å². The summed E-state index contributed by atoms with van der Waals surface area (Å²) in [6, 6.07) is 0.764. The van der Waals surface area contributed by atoms with Gasteiger partial charge in [0.2, 0.25) is 0 Å². The summed E-state index contributed by atoms with van der Waals surface area (Å²) in [6.45, 7) is 1.63. The van der Waals surface area contributed by atoms with Crippen LogP contribution in [0.25, 0.3) is 0 Å². The molecular formula is C5H3N3O3. The zero-order chi connectivity index (χ0) is 7.47. The predicted octanol–water partition coefficient (Wildman–Crippen LogP) is -0.291. The summed E-state index contributed by atoms with van der Waals surface area (Å²) in [7, 11) is 0. The fourth-order valence-corrected chi connectivity index (χ4v) is 1.02. The van der Waals surface area contributed by atoms with Crippen molar-refractivity contribution in [2.45, 2.75) is 12.9 Å². The highest BCUT2D eigenvalue weighted by Gasteiger charge is 2.44. The lowest BCUT2D eigenvalue weighted by Gasteiger charge is -2.34. The van der Waals surface area contributed by atoms with Crippen LogP contribution in [0.15, 0.2) is 0 Å². The van der Waals surface area contributed by atoms with Gasteiger partial charge in [-0.2, -0.15) is 0 Å². The van der Waals surface area contributed by atoms with Crippen molar-refractivity contribution in [3.63, 3.8) is 0 Å². The summed E-state index contributed by atoms with van der Waals surface area (Å²) in [5, 5.41) is 0. The lowest BCUT2D eigenvalue weighted by molar-refractivity contribution is -0.276. The second kappa shape index (κ2) is 1.23. The number of rotatable bonds is 0. The number of hydrogen-bond donors (Lipinski definition) is 0. The normalized spacial score (nSPS) is 20.5. The summed E-state index contributed by atoms with van der Waals surface area (Å²) in [5.41, 5.74) is 0. The van der Waals surface area contributed by atoms with Crippen molar-refractivity contribution in [2.75, 3.05) is 0 Å². The molecule has 1 aromatic rings. The van der Waals surface area contributed by atoms with Gasteiger partial charge < -0.3 is 14.2 Å². The Kier molecular flexibility index (Phi) is 0.570. The fraction of sp³-hybridized carbons (Fsp3) is 0.400. The molecule has 0 N–H and O–H groups in total. The standard InChI is InChI=1S/C5H3N3O3/c1-5-9-2-6-3(10-5)8-4(7-2)11-5/h1H3. The maximum atomic E-state index is 5.05. The van der Waals surface area contributed by atoms with E-state index in [1.165, 1.54) is 0 Å². The molecular weight excluding hydrogens is 150 g/mol. The van der Waals surface area contributed by atoms with Gasteiger partial charge in [-0.1, -0.05) is 0 Å². The average molecular weight is 153 g/mol. The monoisotopic (exact) mass is 153 g/mol. The van der Waals surface area contributed by atoms with E-state index in [0.29, 0.717) is 0 Å². The molecule has 0 saturated heterocycles. The van der Waals surface area contributed by atoms with Crippen LogP contribution in [-0.4, -0.2) is 20.9 Å². The smallest absolute Gasteiger partial charge is 0.386 e. The Hall–Kier alpha value is -1.59. The van der Waals surface area contributed by atoms with Gasteiger partial charge >= 0.3 is 24.0 Å². The van der Waals surface area contributed by atoms with Crippen molar-refractivity contribution in [1.82, 2.24) is 15.0 Å². The Morgan fingerprint density at radius 2 is 1.27 bits per heavy atom. The molecule has 4 bridgehead atoms. The summed E-state index contributed by atoms with van der Waals surface area (Å²) in [6.07, 6.45) is 0. The van der Waals surface area contributed by atoms with Gasteiger partial charge in [-0.25, -0.2) is 0 Å². The molecule has 3 aliphatic heterocycles. The van der Waals surface area contributed by atoms with Crippen LogP contribution in [0, 0.1) is 0 Å². The molecule has 0 amide bonds. The van der Waals surface area contributed by atoms with Crippen LogP contribution in [0.5, 0.6) is 18.0 Å². The first kappa shape index (κ1) is 5.11. The minimum absolute atomic E-state index is 0.255. The molecule has 3 aliphatic rings. The third-order valence-corrected chi connectivity index (χ3v) is 1.40. The molecule has 11 heavy (non-hydrogen) atoms. The van der Waals surface area contributed by atoms with Crippen molar-refractivity contribution in [2.24, 2.45) is 0 Å². The van der Waals surface area contributed by atoms with Crippen LogP contribution in [0.3, 0.4) is 0 Å². The molecule has 0 spiro atoms. The second-order valence-corrected chi connectivity index (χ2v) is 2.35. The molecule has 0 atom stereocenters. The van der Waals surface area contributed by atoms with E-state index >= 15 is 0 Å². The zero-order valence-electron chi connectivity index (χ0n) is 5.57. The van der Waals surface area contributed by atoms with Crippen LogP contribution >= 0.6 is 0 Å². The van der Waals surface area contributed by atoms with E-state index in [9.17, 15) is 0 Å². The molecule has 1 aromatic heterocycles. The fourth-order valence-electron chi connectivity index (χ4n) is 1.02. The van der Waals surface area contributed by atoms with E-state index in [1.54, 1.807) is 6.92 Å². The molecule has 6 heteroatoms. The van der Waals surface area contributed by atoms with Gasteiger partial charge in [-0.15, -0.1) is 15.0 Å². The number of ether oxygens (including phenoxy) is 3. The highest BCUT2D eigenvalue weighted by Crippen LogP contribution is 2.33. The Morgan fingerprint density at radius 3 is 1.55 bits per heavy atom. The predicted molar refractivity (Wildman–Crippen MR) is 30.1 cm³/mol. The SMILES string of the molecule is CC12Oc3nc(nc(n3)O1)O2. The van der Waals surface area contributed by atoms with Gasteiger partial charge in [-0.3, -0.25) is 0 Å². The van der Waals surface area contributed by atoms with Crippen LogP contribution < -0.4 is 14.2 Å². The third kappa shape index (κ3) is 0.535. The summed E-state index contributed by atoms with van der Waals surface area (Å²) in [5.74, 6) is -1.09. The third-order valence-electron chi connectivity index (χ3n) is 1.40. The molecule has 0 fully saturated rings. The maximum Gasteiger partial charge on any atom is 0.420 e. The highest BCUT2D eigenvalue weighted by molar-refractivity contribution is 5.16. The first-order valence-corrected chi connectivity index (χ1v) is 3.07. The van der Waals surface area contributed by atoms with Crippen molar-refractivity contribution in [3.05, 3.63) is 0 Å². The zero-order valence-corrected chi connectivity index (χ0v) is 5.57. The minimum Gasteiger partial charge on any atom is -0.386 e. The van der Waals surface area contributed by atoms with Crippen LogP contribution in [0.2, 0.25) is 0 Å². The van der Waals surface area contributed by atoms with E-state index in [2.05, 4.69) is 15.0 Å². The molecule has 0 saturated carbocycles. The molecule has 6 nitrogen and oxygen atoms in total. The van der Waals surface area contributed by atoms with E-state index in [0.717, 1.165) is 0 Å². The molecule has 4 heterocycles.